The number of methoxy groups -OCH3 is 2. The zero-order chi connectivity index (χ0) is 20.1. The summed E-state index contributed by atoms with van der Waals surface area (Å²) < 4.78 is 10.1. The zero-order valence-corrected chi connectivity index (χ0v) is 16.3. The molecule has 8 nitrogen and oxygen atoms in total. The maximum Gasteiger partial charge on any atom is 0.251 e. The van der Waals surface area contributed by atoms with Crippen LogP contribution in [0.2, 0.25) is 0 Å². The fraction of sp³-hybridized carbons (Fsp3) is 0.550. The largest absolute Gasteiger partial charge is 0.354 e. The van der Waals surface area contributed by atoms with Crippen LogP contribution in [0, 0.1) is 0 Å². The molecule has 0 bridgehead atoms. The van der Waals surface area contributed by atoms with Crippen molar-refractivity contribution in [3.63, 3.8) is 0 Å². The number of nitrogens with one attached hydrogen (secondary N) is 1. The Labute approximate surface area is 164 Å². The van der Waals surface area contributed by atoms with Gasteiger partial charge in [0.1, 0.15) is 12.6 Å². The molecule has 8 heteroatoms. The second-order valence-electron chi connectivity index (χ2n) is 7.10. The maximum absolute atomic E-state index is 12.7. The fourth-order valence-corrected chi connectivity index (χ4v) is 3.69. The number of amides is 3. The lowest BCUT2D eigenvalue weighted by molar-refractivity contribution is -0.158. The van der Waals surface area contributed by atoms with Crippen molar-refractivity contribution in [2.75, 3.05) is 33.9 Å². The van der Waals surface area contributed by atoms with E-state index in [0.717, 1.165) is 24.8 Å². The molecule has 0 aliphatic carbocycles. The third-order valence-corrected chi connectivity index (χ3v) is 5.29. The van der Waals surface area contributed by atoms with E-state index in [-0.39, 0.29) is 36.9 Å². The third-order valence-electron chi connectivity index (χ3n) is 5.29. The van der Waals surface area contributed by atoms with Gasteiger partial charge in [0.25, 0.3) is 5.91 Å². The van der Waals surface area contributed by atoms with Crippen molar-refractivity contribution in [3.8, 4) is 0 Å². The molecule has 0 radical (unpaired) electrons. The summed E-state index contributed by atoms with van der Waals surface area (Å²) in [5, 5.41) is 2.74. The molecule has 3 rings (SSSR count). The lowest BCUT2D eigenvalue weighted by Gasteiger charge is -2.42. The van der Waals surface area contributed by atoms with Gasteiger partial charge in [-0.15, -0.1) is 0 Å². The number of hydrogen-bond acceptors (Lipinski definition) is 5. The van der Waals surface area contributed by atoms with Gasteiger partial charge in [-0.05, 0) is 37.0 Å². The molecule has 1 aromatic carbocycles. The molecule has 2 heterocycles. The van der Waals surface area contributed by atoms with Gasteiger partial charge in [0.05, 0.1) is 6.54 Å². The van der Waals surface area contributed by atoms with Crippen molar-refractivity contribution in [1.82, 2.24) is 15.1 Å². The number of carbonyl (C=O) groups is 3. The minimum atomic E-state index is -0.495. The molecule has 2 aliphatic rings. The van der Waals surface area contributed by atoms with Gasteiger partial charge in [0, 0.05) is 32.9 Å². The Hall–Kier alpha value is -2.45. The molecular formula is C20H27N3O5. The summed E-state index contributed by atoms with van der Waals surface area (Å²) >= 11 is 0. The number of piperazine rings is 1. The lowest BCUT2D eigenvalue weighted by atomic mass is 9.98. The van der Waals surface area contributed by atoms with Crippen LogP contribution in [0.15, 0.2) is 24.3 Å². The van der Waals surface area contributed by atoms with E-state index >= 15 is 0 Å². The first kappa shape index (κ1) is 20.3. The van der Waals surface area contributed by atoms with E-state index < -0.39 is 6.29 Å². The SMILES string of the molecule is COC(CNC(=O)c1ccc(CN2CC(=O)N3CCCC[C@H]3C2=O)cc1)OC. The van der Waals surface area contributed by atoms with Crippen LogP contribution >= 0.6 is 0 Å². The Morgan fingerprint density at radius 3 is 2.57 bits per heavy atom. The first-order valence-corrected chi connectivity index (χ1v) is 9.54. The van der Waals surface area contributed by atoms with Crippen molar-refractivity contribution in [2.24, 2.45) is 0 Å². The summed E-state index contributed by atoms with van der Waals surface area (Å²) in [5.41, 5.74) is 1.39. The highest BCUT2D eigenvalue weighted by Gasteiger charge is 2.40. The van der Waals surface area contributed by atoms with E-state index in [0.29, 0.717) is 18.7 Å². The number of fused-ring (bicyclic) bond motifs is 1. The maximum atomic E-state index is 12.7. The van der Waals surface area contributed by atoms with Crippen LogP contribution in [-0.2, 0) is 25.6 Å². The number of nitrogens with zero attached hydrogens (tertiary/aromatic N) is 2. The molecule has 0 aromatic heterocycles. The lowest BCUT2D eigenvalue weighted by Crippen LogP contribution is -2.60. The van der Waals surface area contributed by atoms with Crippen molar-refractivity contribution >= 4 is 17.7 Å². The minimum Gasteiger partial charge on any atom is -0.354 e. The molecule has 2 aliphatic heterocycles. The molecule has 1 aromatic rings. The van der Waals surface area contributed by atoms with Crippen LogP contribution in [0.3, 0.4) is 0 Å². The molecule has 1 atom stereocenters. The Morgan fingerprint density at radius 2 is 1.89 bits per heavy atom. The molecule has 0 unspecified atom stereocenters. The van der Waals surface area contributed by atoms with Gasteiger partial charge < -0.3 is 24.6 Å². The monoisotopic (exact) mass is 389 g/mol. The van der Waals surface area contributed by atoms with Gasteiger partial charge in [-0.1, -0.05) is 12.1 Å². The van der Waals surface area contributed by atoms with Gasteiger partial charge in [0.2, 0.25) is 11.8 Å². The molecule has 3 amide bonds. The van der Waals surface area contributed by atoms with Gasteiger partial charge in [-0.2, -0.15) is 0 Å². The Morgan fingerprint density at radius 1 is 1.18 bits per heavy atom. The van der Waals surface area contributed by atoms with E-state index in [2.05, 4.69) is 5.32 Å². The fourth-order valence-electron chi connectivity index (χ4n) is 3.69. The topological polar surface area (TPSA) is 88.2 Å². The zero-order valence-electron chi connectivity index (χ0n) is 16.3. The van der Waals surface area contributed by atoms with E-state index in [9.17, 15) is 14.4 Å². The molecule has 2 fully saturated rings. The van der Waals surface area contributed by atoms with Crippen molar-refractivity contribution in [2.45, 2.75) is 38.1 Å². The quantitative estimate of drug-likeness (QED) is 0.696. The molecule has 0 spiro atoms. The van der Waals surface area contributed by atoms with Crippen LogP contribution < -0.4 is 5.32 Å². The number of carbonyl (C=O) groups excluding carboxylic acids is 3. The second kappa shape index (κ2) is 9.16. The van der Waals surface area contributed by atoms with Crippen molar-refractivity contribution in [1.29, 1.82) is 0 Å². The van der Waals surface area contributed by atoms with Gasteiger partial charge in [-0.3, -0.25) is 14.4 Å². The Balaban J connectivity index is 1.58. The summed E-state index contributed by atoms with van der Waals surface area (Å²) in [6, 6.07) is 6.73. The average Bonchev–Trinajstić information content (AvgIpc) is 2.73. The number of benzene rings is 1. The molecule has 28 heavy (non-hydrogen) atoms. The summed E-state index contributed by atoms with van der Waals surface area (Å²) in [5.74, 6) is -0.190. The van der Waals surface area contributed by atoms with E-state index in [1.807, 2.05) is 12.1 Å². The smallest absolute Gasteiger partial charge is 0.251 e. The van der Waals surface area contributed by atoms with Crippen LogP contribution in [0.1, 0.15) is 35.2 Å². The van der Waals surface area contributed by atoms with Crippen LogP contribution in [0.4, 0.5) is 0 Å². The van der Waals surface area contributed by atoms with Gasteiger partial charge in [-0.25, -0.2) is 0 Å². The first-order chi connectivity index (χ1) is 13.5. The highest BCUT2D eigenvalue weighted by atomic mass is 16.7. The van der Waals surface area contributed by atoms with E-state index in [4.69, 9.17) is 9.47 Å². The summed E-state index contributed by atoms with van der Waals surface area (Å²) in [6.07, 6.45) is 2.19. The van der Waals surface area contributed by atoms with Crippen LogP contribution in [-0.4, -0.2) is 73.7 Å². The third kappa shape index (κ3) is 4.51. The molecule has 2 saturated heterocycles. The minimum absolute atomic E-state index is 0.0196. The summed E-state index contributed by atoms with van der Waals surface area (Å²) in [7, 11) is 3.02. The molecular weight excluding hydrogens is 362 g/mol. The highest BCUT2D eigenvalue weighted by molar-refractivity contribution is 5.95. The standard InChI is InChI=1S/C20H27N3O5/c1-27-18(28-2)11-21-19(25)15-8-6-14(7-9-15)12-22-13-17(24)23-10-4-3-5-16(23)20(22)26/h6-9,16,18H,3-5,10-13H2,1-2H3,(H,21,25)/t16-/m0/s1. The second-order valence-corrected chi connectivity index (χ2v) is 7.10. The Bertz CT molecular complexity index is 717. The molecule has 152 valence electrons. The number of hydrogen-bond donors (Lipinski definition) is 1. The van der Waals surface area contributed by atoms with E-state index in [1.54, 1.807) is 21.9 Å². The number of rotatable bonds is 7. The summed E-state index contributed by atoms with van der Waals surface area (Å²) in [4.78, 5) is 40.6. The summed E-state index contributed by atoms with van der Waals surface area (Å²) in [6.45, 7) is 1.41. The van der Waals surface area contributed by atoms with Crippen LogP contribution in [0.5, 0.6) is 0 Å². The van der Waals surface area contributed by atoms with E-state index in [1.165, 1.54) is 14.2 Å². The number of piperidine rings is 1. The number of ether oxygens (including phenoxy) is 2. The highest BCUT2D eigenvalue weighted by Crippen LogP contribution is 2.24. The predicted octanol–water partition coefficient (Wildman–Crippen LogP) is 0.759. The first-order valence-electron chi connectivity index (χ1n) is 9.54. The van der Waals surface area contributed by atoms with Gasteiger partial charge in [0.15, 0.2) is 6.29 Å². The van der Waals surface area contributed by atoms with Crippen molar-refractivity contribution < 1.29 is 23.9 Å². The normalized spacial score (nSPS) is 19.8. The van der Waals surface area contributed by atoms with Gasteiger partial charge >= 0.3 is 0 Å². The molecule has 0 saturated carbocycles. The van der Waals surface area contributed by atoms with Crippen LogP contribution in [0.25, 0.3) is 0 Å². The Kier molecular flexibility index (Phi) is 6.64. The van der Waals surface area contributed by atoms with Crippen molar-refractivity contribution in [3.05, 3.63) is 35.4 Å². The average molecular weight is 389 g/mol. The molecule has 1 N–H and O–H groups in total. The predicted molar refractivity (Wildman–Crippen MR) is 101 cm³/mol.